The molecule has 80 valence electrons. The molecule has 0 aromatic carbocycles. The molecule has 0 N–H and O–H groups in total. The van der Waals surface area contributed by atoms with Crippen molar-refractivity contribution < 1.29 is 0 Å². The van der Waals surface area contributed by atoms with Gasteiger partial charge in [0.15, 0.2) is 0 Å². The molecular formula is C13H28. The number of rotatable bonds is 5. The van der Waals surface area contributed by atoms with Gasteiger partial charge in [0.25, 0.3) is 0 Å². The summed E-state index contributed by atoms with van der Waals surface area (Å²) in [6, 6.07) is 0. The highest BCUT2D eigenvalue weighted by atomic mass is 14.4. The maximum Gasteiger partial charge on any atom is -0.0314 e. The van der Waals surface area contributed by atoms with E-state index in [4.69, 9.17) is 0 Å². The largest absolute Gasteiger partial charge is 0.0651 e. The van der Waals surface area contributed by atoms with Gasteiger partial charge in [0.2, 0.25) is 0 Å². The van der Waals surface area contributed by atoms with Crippen molar-refractivity contribution in [3.8, 4) is 0 Å². The van der Waals surface area contributed by atoms with Crippen molar-refractivity contribution in [1.82, 2.24) is 0 Å². The van der Waals surface area contributed by atoms with Crippen LogP contribution in [0.25, 0.3) is 0 Å². The van der Waals surface area contributed by atoms with Crippen LogP contribution >= 0.6 is 0 Å². The molecule has 0 heteroatoms. The quantitative estimate of drug-likeness (QED) is 0.571. The lowest BCUT2D eigenvalue weighted by Gasteiger charge is -2.44. The molecular weight excluding hydrogens is 156 g/mol. The smallest absolute Gasteiger partial charge is 0.0314 e. The molecule has 0 aromatic heterocycles. The monoisotopic (exact) mass is 184 g/mol. The highest BCUT2D eigenvalue weighted by Gasteiger charge is 2.36. The summed E-state index contributed by atoms with van der Waals surface area (Å²) in [7, 11) is 0. The van der Waals surface area contributed by atoms with E-state index in [2.05, 4.69) is 48.5 Å². The molecule has 13 heavy (non-hydrogen) atoms. The first-order valence-electron chi connectivity index (χ1n) is 5.81. The van der Waals surface area contributed by atoms with E-state index in [1.165, 1.54) is 19.3 Å². The lowest BCUT2D eigenvalue weighted by molar-refractivity contribution is 0.0614. The van der Waals surface area contributed by atoms with E-state index in [0.717, 1.165) is 5.92 Å². The fraction of sp³-hybridized carbons (Fsp3) is 1.00. The van der Waals surface area contributed by atoms with Crippen LogP contribution < -0.4 is 0 Å². The molecule has 0 atom stereocenters. The summed E-state index contributed by atoms with van der Waals surface area (Å²) >= 11 is 0. The van der Waals surface area contributed by atoms with Gasteiger partial charge in [-0.05, 0) is 16.7 Å². The van der Waals surface area contributed by atoms with E-state index in [9.17, 15) is 0 Å². The second-order valence-electron chi connectivity index (χ2n) is 5.65. The second kappa shape index (κ2) is 4.48. The van der Waals surface area contributed by atoms with E-state index >= 15 is 0 Å². The zero-order valence-electron chi connectivity index (χ0n) is 10.7. The molecule has 0 bridgehead atoms. The fourth-order valence-corrected chi connectivity index (χ4v) is 2.66. The van der Waals surface area contributed by atoms with Gasteiger partial charge >= 0.3 is 0 Å². The average Bonchev–Trinajstić information content (AvgIpc) is 2.05. The summed E-state index contributed by atoms with van der Waals surface area (Å²) in [5, 5.41) is 0. The summed E-state index contributed by atoms with van der Waals surface area (Å²) < 4.78 is 0. The van der Waals surface area contributed by atoms with Gasteiger partial charge in [0, 0.05) is 0 Å². The topological polar surface area (TPSA) is 0 Å². The van der Waals surface area contributed by atoms with E-state index in [-0.39, 0.29) is 0 Å². The molecule has 0 unspecified atom stereocenters. The van der Waals surface area contributed by atoms with E-state index in [1.54, 1.807) is 0 Å². The molecule has 0 aliphatic rings. The standard InChI is InChI=1S/C13H28/c1-8-11(12(4,5)9-2)13(6,7)10-3/h11H,8-10H2,1-7H3. The Morgan fingerprint density at radius 3 is 1.23 bits per heavy atom. The first kappa shape index (κ1) is 13.0. The van der Waals surface area contributed by atoms with Gasteiger partial charge in [-0.2, -0.15) is 0 Å². The minimum Gasteiger partial charge on any atom is -0.0651 e. The molecule has 0 aromatic rings. The van der Waals surface area contributed by atoms with Crippen molar-refractivity contribution in [2.24, 2.45) is 16.7 Å². The molecule has 0 nitrogen and oxygen atoms in total. The fourth-order valence-electron chi connectivity index (χ4n) is 2.66. The van der Waals surface area contributed by atoms with Crippen LogP contribution in [-0.4, -0.2) is 0 Å². The summed E-state index contributed by atoms with van der Waals surface area (Å²) in [5.74, 6) is 0.843. The Morgan fingerprint density at radius 2 is 1.08 bits per heavy atom. The number of hydrogen-bond acceptors (Lipinski definition) is 0. The third-order valence-electron chi connectivity index (χ3n) is 4.12. The maximum atomic E-state index is 2.42. The van der Waals surface area contributed by atoms with Crippen molar-refractivity contribution in [3.05, 3.63) is 0 Å². The van der Waals surface area contributed by atoms with E-state index in [1.807, 2.05) is 0 Å². The Balaban J connectivity index is 4.69. The average molecular weight is 184 g/mol. The minimum atomic E-state index is 0.494. The molecule has 0 heterocycles. The van der Waals surface area contributed by atoms with Crippen LogP contribution in [0.2, 0.25) is 0 Å². The van der Waals surface area contributed by atoms with Gasteiger partial charge in [0.1, 0.15) is 0 Å². The van der Waals surface area contributed by atoms with Crippen molar-refractivity contribution in [3.63, 3.8) is 0 Å². The van der Waals surface area contributed by atoms with Crippen molar-refractivity contribution in [1.29, 1.82) is 0 Å². The van der Waals surface area contributed by atoms with E-state index < -0.39 is 0 Å². The Bertz CT molecular complexity index is 126. The first-order chi connectivity index (χ1) is 5.81. The second-order valence-corrected chi connectivity index (χ2v) is 5.65. The highest BCUT2D eigenvalue weighted by Crippen LogP contribution is 2.46. The molecule has 0 saturated carbocycles. The van der Waals surface area contributed by atoms with Crippen LogP contribution in [0.3, 0.4) is 0 Å². The molecule has 0 aliphatic carbocycles. The van der Waals surface area contributed by atoms with Crippen LogP contribution in [0.4, 0.5) is 0 Å². The minimum absolute atomic E-state index is 0.494. The van der Waals surface area contributed by atoms with Gasteiger partial charge in [-0.3, -0.25) is 0 Å². The predicted molar refractivity (Wildman–Crippen MR) is 61.9 cm³/mol. The summed E-state index contributed by atoms with van der Waals surface area (Å²) in [6.45, 7) is 16.6. The predicted octanol–water partition coefficient (Wildman–Crippen LogP) is 4.89. The third-order valence-corrected chi connectivity index (χ3v) is 4.12. The summed E-state index contributed by atoms with van der Waals surface area (Å²) in [4.78, 5) is 0. The summed E-state index contributed by atoms with van der Waals surface area (Å²) in [5.41, 5.74) is 0.989. The zero-order chi connectivity index (χ0) is 10.7. The normalized spacial score (nSPS) is 13.8. The first-order valence-corrected chi connectivity index (χ1v) is 5.81. The molecule has 0 amide bonds. The lowest BCUT2D eigenvalue weighted by atomic mass is 9.62. The molecule has 0 aliphatic heterocycles. The molecule has 0 saturated heterocycles. The highest BCUT2D eigenvalue weighted by molar-refractivity contribution is 4.86. The molecule has 0 rings (SSSR count). The number of hydrogen-bond donors (Lipinski definition) is 0. The van der Waals surface area contributed by atoms with Crippen molar-refractivity contribution >= 4 is 0 Å². The van der Waals surface area contributed by atoms with Gasteiger partial charge in [-0.15, -0.1) is 0 Å². The van der Waals surface area contributed by atoms with Crippen LogP contribution in [0.5, 0.6) is 0 Å². The van der Waals surface area contributed by atoms with Crippen LogP contribution in [0.15, 0.2) is 0 Å². The van der Waals surface area contributed by atoms with Gasteiger partial charge in [-0.25, -0.2) is 0 Å². The van der Waals surface area contributed by atoms with Crippen LogP contribution in [0.1, 0.15) is 67.7 Å². The van der Waals surface area contributed by atoms with Crippen LogP contribution in [0, 0.1) is 16.7 Å². The van der Waals surface area contributed by atoms with Crippen molar-refractivity contribution in [2.45, 2.75) is 67.7 Å². The third kappa shape index (κ3) is 3.00. The summed E-state index contributed by atoms with van der Waals surface area (Å²) in [6.07, 6.45) is 3.88. The maximum absolute atomic E-state index is 2.42. The van der Waals surface area contributed by atoms with Crippen LogP contribution in [-0.2, 0) is 0 Å². The Kier molecular flexibility index (Phi) is 4.48. The molecule has 0 spiro atoms. The lowest BCUT2D eigenvalue weighted by Crippen LogP contribution is -2.35. The Hall–Kier alpha value is 0. The van der Waals surface area contributed by atoms with Crippen molar-refractivity contribution in [2.75, 3.05) is 0 Å². The van der Waals surface area contributed by atoms with Gasteiger partial charge in [0.05, 0.1) is 0 Å². The van der Waals surface area contributed by atoms with Gasteiger partial charge in [-0.1, -0.05) is 67.7 Å². The van der Waals surface area contributed by atoms with Gasteiger partial charge < -0.3 is 0 Å². The Labute approximate surface area is 85.1 Å². The SMILES string of the molecule is CCC(C(C)(C)CC)C(C)(C)CC. The zero-order valence-corrected chi connectivity index (χ0v) is 10.7. The molecule has 0 fully saturated rings. The van der Waals surface area contributed by atoms with E-state index in [0.29, 0.717) is 10.8 Å². The molecule has 0 radical (unpaired) electrons. The Morgan fingerprint density at radius 1 is 0.769 bits per heavy atom.